The van der Waals surface area contributed by atoms with Gasteiger partial charge in [0.1, 0.15) is 23.8 Å². The number of aromatic nitrogens is 4. The molecule has 1 saturated carbocycles. The Hall–Kier alpha value is -3.58. The Morgan fingerprint density at radius 1 is 1.00 bits per heavy atom. The van der Waals surface area contributed by atoms with E-state index in [1.807, 2.05) is 4.90 Å². The zero-order valence-corrected chi connectivity index (χ0v) is 19.1. The van der Waals surface area contributed by atoms with Gasteiger partial charge in [0.2, 0.25) is 5.95 Å². The number of nitrogens with one attached hydrogen (secondary N) is 1. The lowest BCUT2D eigenvalue weighted by Gasteiger charge is -2.39. The van der Waals surface area contributed by atoms with Gasteiger partial charge in [0.15, 0.2) is 0 Å². The summed E-state index contributed by atoms with van der Waals surface area (Å²) < 4.78 is 98.1. The Kier molecular flexibility index (Phi) is 6.36. The molecular formula is C23H21F7N6O. The minimum atomic E-state index is -4.60. The Morgan fingerprint density at radius 2 is 1.73 bits per heavy atom. The number of ether oxygens (including phenoxy) is 1. The van der Waals surface area contributed by atoms with Gasteiger partial charge in [-0.25, -0.2) is 9.07 Å². The van der Waals surface area contributed by atoms with E-state index in [0.29, 0.717) is 23.5 Å². The molecule has 0 amide bonds. The number of pyridine rings is 1. The monoisotopic (exact) mass is 530 g/mol. The second kappa shape index (κ2) is 9.38. The summed E-state index contributed by atoms with van der Waals surface area (Å²) in [7, 11) is 0. The molecule has 1 N–H and O–H groups in total. The van der Waals surface area contributed by atoms with Crippen molar-refractivity contribution in [2.45, 2.75) is 37.8 Å². The lowest BCUT2D eigenvalue weighted by molar-refractivity contribution is -0.143. The number of anilines is 2. The van der Waals surface area contributed by atoms with Crippen molar-refractivity contribution in [2.24, 2.45) is 11.8 Å². The molecular weight excluding hydrogens is 509 g/mol. The molecule has 1 aliphatic heterocycles. The van der Waals surface area contributed by atoms with E-state index >= 15 is 0 Å². The molecule has 0 spiro atoms. The molecule has 2 aliphatic rings. The van der Waals surface area contributed by atoms with Gasteiger partial charge in [-0.3, -0.25) is 4.98 Å². The normalized spacial score (nSPS) is 21.8. The maximum atomic E-state index is 13.5. The van der Waals surface area contributed by atoms with Crippen LogP contribution in [0.1, 0.15) is 18.5 Å². The van der Waals surface area contributed by atoms with Gasteiger partial charge in [0, 0.05) is 37.1 Å². The fourth-order valence-electron chi connectivity index (χ4n) is 4.96. The molecule has 7 nitrogen and oxygen atoms in total. The van der Waals surface area contributed by atoms with Crippen LogP contribution in [0.3, 0.4) is 0 Å². The van der Waals surface area contributed by atoms with Gasteiger partial charge in [-0.15, -0.1) is 5.10 Å². The summed E-state index contributed by atoms with van der Waals surface area (Å²) in [5.41, 5.74) is -0.557. The van der Waals surface area contributed by atoms with Crippen molar-refractivity contribution in [1.29, 1.82) is 0 Å². The highest BCUT2D eigenvalue weighted by molar-refractivity contribution is 5.49. The molecule has 0 radical (unpaired) electrons. The minimum absolute atomic E-state index is 0.00315. The van der Waals surface area contributed by atoms with Crippen molar-refractivity contribution in [2.75, 3.05) is 23.3 Å². The number of hydrogen-bond donors (Lipinski definition) is 1. The second-order valence-electron chi connectivity index (χ2n) is 9.12. The lowest BCUT2D eigenvalue weighted by atomic mass is 9.92. The first-order chi connectivity index (χ1) is 17.4. The van der Waals surface area contributed by atoms with Crippen LogP contribution in [0, 0.1) is 17.7 Å². The summed E-state index contributed by atoms with van der Waals surface area (Å²) in [5, 5.41) is 7.04. The Balaban J connectivity index is 1.33. The van der Waals surface area contributed by atoms with E-state index in [9.17, 15) is 30.7 Å². The maximum Gasteiger partial charge on any atom is 0.433 e. The largest absolute Gasteiger partial charge is 0.433 e. The number of hydrogen-bond acceptors (Lipinski definition) is 6. The van der Waals surface area contributed by atoms with Gasteiger partial charge in [-0.1, -0.05) is 6.07 Å². The van der Waals surface area contributed by atoms with E-state index in [2.05, 4.69) is 20.4 Å². The van der Waals surface area contributed by atoms with Crippen LogP contribution in [0.2, 0.25) is 0 Å². The Morgan fingerprint density at radius 3 is 2.38 bits per heavy atom. The number of piperidine rings is 1. The fourth-order valence-corrected chi connectivity index (χ4v) is 4.96. The van der Waals surface area contributed by atoms with Crippen LogP contribution in [0.4, 0.5) is 42.4 Å². The van der Waals surface area contributed by atoms with E-state index in [4.69, 9.17) is 4.74 Å². The Labute approximate surface area is 206 Å². The number of nitrogens with zero attached hydrogens (tertiary/aromatic N) is 5. The third-order valence-corrected chi connectivity index (χ3v) is 6.50. The number of alkyl halides is 6. The SMILES string of the molecule is Fc1cccc(Oc2nc(NC3[C@@H]4CC[C@H]3CN(c3ccnc(C(F)(F)F)c3)C4)nn2CC(F)(F)F)c1. The van der Waals surface area contributed by atoms with Gasteiger partial charge in [0.25, 0.3) is 0 Å². The standard InChI is InChI=1S/C23H21F7N6O/c24-15-2-1-3-17(8-15)37-21-33-20(34-36(21)12-22(25,26)27)32-19-13-4-5-14(19)11-35(10-13)16-6-7-31-18(9-16)23(28,29)30/h1-3,6-9,13-14,19H,4-5,10-12H2,(H,32,34)/t13-,14+,19?. The molecule has 1 aromatic carbocycles. The average molecular weight is 530 g/mol. The van der Waals surface area contributed by atoms with Crippen LogP contribution in [0.25, 0.3) is 0 Å². The zero-order chi connectivity index (χ0) is 26.4. The average Bonchev–Trinajstić information content (AvgIpc) is 3.26. The summed E-state index contributed by atoms with van der Waals surface area (Å²) in [6.07, 6.45) is -6.46. The molecule has 37 heavy (non-hydrogen) atoms. The van der Waals surface area contributed by atoms with Gasteiger partial charge in [-0.2, -0.15) is 31.3 Å². The number of rotatable bonds is 6. The molecule has 5 rings (SSSR count). The van der Waals surface area contributed by atoms with Gasteiger partial charge in [-0.05, 0) is 48.9 Å². The van der Waals surface area contributed by atoms with Gasteiger partial charge >= 0.3 is 18.4 Å². The summed E-state index contributed by atoms with van der Waals surface area (Å²) >= 11 is 0. The van der Waals surface area contributed by atoms with Crippen molar-refractivity contribution in [3.63, 3.8) is 0 Å². The first-order valence-electron chi connectivity index (χ1n) is 11.4. The molecule has 3 heterocycles. The quantitative estimate of drug-likeness (QED) is 0.424. The van der Waals surface area contributed by atoms with E-state index in [1.54, 1.807) is 0 Å². The van der Waals surface area contributed by atoms with E-state index in [0.717, 1.165) is 37.2 Å². The number of halogens is 7. The van der Waals surface area contributed by atoms with Crippen LogP contribution in [-0.4, -0.2) is 45.1 Å². The molecule has 3 aromatic rings. The first-order valence-corrected chi connectivity index (χ1v) is 11.4. The summed E-state index contributed by atoms with van der Waals surface area (Å²) in [5.74, 6) is -0.731. The van der Waals surface area contributed by atoms with E-state index in [1.165, 1.54) is 18.2 Å². The van der Waals surface area contributed by atoms with Crippen LogP contribution >= 0.6 is 0 Å². The number of benzene rings is 1. The molecule has 1 saturated heterocycles. The van der Waals surface area contributed by atoms with E-state index in [-0.39, 0.29) is 29.6 Å². The first kappa shape index (κ1) is 25.1. The Bertz CT molecular complexity index is 1250. The molecule has 3 atom stereocenters. The molecule has 2 bridgehead atoms. The third kappa shape index (κ3) is 5.72. The van der Waals surface area contributed by atoms with Crippen molar-refractivity contribution in [3.8, 4) is 11.8 Å². The summed E-state index contributed by atoms with van der Waals surface area (Å²) in [4.78, 5) is 9.35. The predicted octanol–water partition coefficient (Wildman–Crippen LogP) is 5.51. The molecule has 2 aromatic heterocycles. The van der Waals surface area contributed by atoms with Gasteiger partial charge < -0.3 is 15.0 Å². The van der Waals surface area contributed by atoms with Crippen molar-refractivity contribution >= 4 is 11.6 Å². The highest BCUT2D eigenvalue weighted by Gasteiger charge is 2.43. The van der Waals surface area contributed by atoms with Crippen LogP contribution in [-0.2, 0) is 12.7 Å². The highest BCUT2D eigenvalue weighted by Crippen LogP contribution is 2.41. The molecule has 14 heteroatoms. The third-order valence-electron chi connectivity index (χ3n) is 6.50. The predicted molar refractivity (Wildman–Crippen MR) is 118 cm³/mol. The van der Waals surface area contributed by atoms with Gasteiger partial charge in [0.05, 0.1) is 0 Å². The molecule has 2 fully saturated rings. The van der Waals surface area contributed by atoms with Crippen molar-refractivity contribution in [3.05, 3.63) is 54.1 Å². The lowest BCUT2D eigenvalue weighted by Crippen LogP contribution is -2.48. The summed E-state index contributed by atoms with van der Waals surface area (Å²) in [6.45, 7) is -0.558. The second-order valence-corrected chi connectivity index (χ2v) is 9.12. The zero-order valence-electron chi connectivity index (χ0n) is 19.1. The summed E-state index contributed by atoms with van der Waals surface area (Å²) in [6, 6.07) is 6.80. The number of fused-ring (bicyclic) bond motifs is 2. The molecule has 198 valence electrons. The molecule has 1 aliphatic carbocycles. The van der Waals surface area contributed by atoms with Crippen LogP contribution in [0.5, 0.6) is 11.8 Å². The highest BCUT2D eigenvalue weighted by atomic mass is 19.4. The molecule has 1 unspecified atom stereocenters. The van der Waals surface area contributed by atoms with Crippen molar-refractivity contribution in [1.82, 2.24) is 19.7 Å². The van der Waals surface area contributed by atoms with E-state index < -0.39 is 36.4 Å². The topological polar surface area (TPSA) is 68.1 Å². The fraction of sp³-hybridized carbons (Fsp3) is 0.435. The van der Waals surface area contributed by atoms with Crippen LogP contribution < -0.4 is 15.0 Å². The smallest absolute Gasteiger partial charge is 0.424 e. The maximum absolute atomic E-state index is 13.5. The van der Waals surface area contributed by atoms with Crippen molar-refractivity contribution < 1.29 is 35.5 Å². The van der Waals surface area contributed by atoms with Crippen LogP contribution in [0.15, 0.2) is 42.6 Å². The minimum Gasteiger partial charge on any atom is -0.424 e.